The highest BCUT2D eigenvalue weighted by Gasteiger charge is 2.27. The zero-order valence-electron chi connectivity index (χ0n) is 13.3. The van der Waals surface area contributed by atoms with Gasteiger partial charge in [0, 0.05) is 37.6 Å². The predicted octanol–water partition coefficient (Wildman–Crippen LogP) is 0.246. The molecule has 1 aliphatic rings. The Hall–Kier alpha value is -2.90. The van der Waals surface area contributed by atoms with Gasteiger partial charge in [-0.2, -0.15) is 0 Å². The molecule has 0 spiro atoms. The summed E-state index contributed by atoms with van der Waals surface area (Å²) in [5.41, 5.74) is 11.2. The summed E-state index contributed by atoms with van der Waals surface area (Å²) < 4.78 is 1.78. The van der Waals surface area contributed by atoms with Crippen LogP contribution in [0.15, 0.2) is 30.7 Å². The molecule has 1 saturated heterocycles. The fraction of sp³-hybridized carbons (Fsp3) is 0.375. The summed E-state index contributed by atoms with van der Waals surface area (Å²) in [4.78, 5) is 33.6. The van der Waals surface area contributed by atoms with E-state index in [4.69, 9.17) is 11.5 Å². The number of hydrogen-bond donors (Lipinski definition) is 2. The summed E-state index contributed by atoms with van der Waals surface area (Å²) in [7, 11) is 0. The van der Waals surface area contributed by atoms with Gasteiger partial charge in [-0.05, 0) is 25.0 Å². The molecule has 24 heavy (non-hydrogen) atoms. The van der Waals surface area contributed by atoms with Gasteiger partial charge in [0.15, 0.2) is 0 Å². The van der Waals surface area contributed by atoms with Crippen molar-refractivity contribution in [3.8, 4) is 0 Å². The number of imidazole rings is 1. The van der Waals surface area contributed by atoms with Crippen LogP contribution < -0.4 is 16.4 Å². The number of anilines is 1. The van der Waals surface area contributed by atoms with Gasteiger partial charge >= 0.3 is 0 Å². The molecule has 8 nitrogen and oxygen atoms in total. The number of nitrogens with two attached hydrogens (primary N) is 2. The van der Waals surface area contributed by atoms with Crippen molar-refractivity contribution >= 4 is 17.6 Å². The normalized spacial score (nSPS) is 17.7. The van der Waals surface area contributed by atoms with Gasteiger partial charge in [-0.3, -0.25) is 9.59 Å². The van der Waals surface area contributed by atoms with Crippen LogP contribution in [0.4, 0.5) is 5.82 Å². The van der Waals surface area contributed by atoms with E-state index in [9.17, 15) is 9.59 Å². The van der Waals surface area contributed by atoms with Crippen molar-refractivity contribution in [3.05, 3.63) is 42.1 Å². The van der Waals surface area contributed by atoms with Crippen molar-refractivity contribution in [2.24, 2.45) is 11.5 Å². The zero-order valence-corrected chi connectivity index (χ0v) is 13.3. The third-order valence-corrected chi connectivity index (χ3v) is 4.21. The molecule has 2 aromatic heterocycles. The molecular formula is C16H20N6O2. The number of carbonyl (C=O) groups excluding carboxylic acids is 2. The summed E-state index contributed by atoms with van der Waals surface area (Å²) >= 11 is 0. The largest absolute Gasteiger partial charge is 0.368 e. The van der Waals surface area contributed by atoms with Crippen molar-refractivity contribution in [1.82, 2.24) is 14.5 Å². The van der Waals surface area contributed by atoms with Gasteiger partial charge in [-0.1, -0.05) is 0 Å². The number of piperidine rings is 1. The van der Waals surface area contributed by atoms with E-state index in [2.05, 4.69) is 14.9 Å². The SMILES string of the molecule is NC(=O)Cn1ccnc1C1CCCN(c2ncccc2C(N)=O)C1. The molecule has 126 valence electrons. The Balaban J connectivity index is 1.84. The standard InChI is InChI=1S/C16H20N6O2/c17-13(23)10-22-8-6-20-15(22)11-3-2-7-21(9-11)16-12(14(18)24)4-1-5-19-16/h1,4-6,8,11H,2-3,7,9-10H2,(H2,17,23)(H2,18,24). The number of aromatic nitrogens is 3. The lowest BCUT2D eigenvalue weighted by atomic mass is 9.96. The minimum absolute atomic E-state index is 0.113. The van der Waals surface area contributed by atoms with Crippen LogP contribution in [0, 0.1) is 0 Å². The van der Waals surface area contributed by atoms with Crippen molar-refractivity contribution < 1.29 is 9.59 Å². The minimum Gasteiger partial charge on any atom is -0.368 e. The third-order valence-electron chi connectivity index (χ3n) is 4.21. The fourth-order valence-corrected chi connectivity index (χ4v) is 3.20. The lowest BCUT2D eigenvalue weighted by Crippen LogP contribution is -2.37. The van der Waals surface area contributed by atoms with Crippen LogP contribution in [0.25, 0.3) is 0 Å². The number of primary amides is 2. The maximum absolute atomic E-state index is 11.6. The highest BCUT2D eigenvalue weighted by Crippen LogP contribution is 2.29. The molecule has 8 heteroatoms. The van der Waals surface area contributed by atoms with Crippen molar-refractivity contribution in [2.75, 3.05) is 18.0 Å². The molecule has 2 aromatic rings. The summed E-state index contributed by atoms with van der Waals surface area (Å²) in [6.07, 6.45) is 6.97. The molecule has 3 rings (SSSR count). The second-order valence-electron chi connectivity index (χ2n) is 5.90. The Morgan fingerprint density at radius 3 is 2.83 bits per heavy atom. The van der Waals surface area contributed by atoms with Crippen LogP contribution in [0.2, 0.25) is 0 Å². The van der Waals surface area contributed by atoms with Gasteiger partial charge in [0.1, 0.15) is 18.2 Å². The Morgan fingerprint density at radius 1 is 1.25 bits per heavy atom. The number of rotatable bonds is 5. The van der Waals surface area contributed by atoms with Gasteiger partial charge in [-0.25, -0.2) is 9.97 Å². The van der Waals surface area contributed by atoms with Crippen LogP contribution in [0.1, 0.15) is 34.9 Å². The topological polar surface area (TPSA) is 120 Å². The highest BCUT2D eigenvalue weighted by molar-refractivity contribution is 5.97. The Kier molecular flexibility index (Phi) is 4.45. The molecule has 0 bridgehead atoms. The Morgan fingerprint density at radius 2 is 2.08 bits per heavy atom. The first-order chi connectivity index (χ1) is 11.6. The van der Waals surface area contributed by atoms with E-state index in [1.807, 2.05) is 0 Å². The molecule has 1 unspecified atom stereocenters. The van der Waals surface area contributed by atoms with Crippen molar-refractivity contribution in [1.29, 1.82) is 0 Å². The fourth-order valence-electron chi connectivity index (χ4n) is 3.20. The first-order valence-corrected chi connectivity index (χ1v) is 7.85. The molecule has 1 atom stereocenters. The highest BCUT2D eigenvalue weighted by atomic mass is 16.1. The lowest BCUT2D eigenvalue weighted by molar-refractivity contribution is -0.118. The predicted molar refractivity (Wildman–Crippen MR) is 88.4 cm³/mol. The molecule has 4 N–H and O–H groups in total. The Bertz CT molecular complexity index is 757. The quantitative estimate of drug-likeness (QED) is 0.815. The molecule has 0 saturated carbocycles. The molecule has 1 fully saturated rings. The molecular weight excluding hydrogens is 308 g/mol. The van der Waals surface area contributed by atoms with E-state index in [-0.39, 0.29) is 12.5 Å². The monoisotopic (exact) mass is 328 g/mol. The van der Waals surface area contributed by atoms with Gasteiger partial charge in [0.25, 0.3) is 5.91 Å². The minimum atomic E-state index is -0.490. The number of pyridine rings is 1. The van der Waals surface area contributed by atoms with Crippen molar-refractivity contribution in [2.45, 2.75) is 25.3 Å². The second kappa shape index (κ2) is 6.69. The van der Waals surface area contributed by atoms with Crippen molar-refractivity contribution in [3.63, 3.8) is 0 Å². The van der Waals surface area contributed by atoms with E-state index in [1.54, 1.807) is 35.3 Å². The Labute approximate surface area is 139 Å². The smallest absolute Gasteiger partial charge is 0.252 e. The first-order valence-electron chi connectivity index (χ1n) is 7.85. The van der Waals surface area contributed by atoms with Gasteiger partial charge in [0.2, 0.25) is 5.91 Å². The number of carbonyl (C=O) groups is 2. The average molecular weight is 328 g/mol. The van der Waals surface area contributed by atoms with Gasteiger partial charge in [-0.15, -0.1) is 0 Å². The van der Waals surface area contributed by atoms with Crippen LogP contribution in [-0.4, -0.2) is 39.4 Å². The van der Waals surface area contributed by atoms with Gasteiger partial charge < -0.3 is 20.9 Å². The summed E-state index contributed by atoms with van der Waals surface area (Å²) in [5.74, 6) is 0.673. The maximum atomic E-state index is 11.6. The van der Waals surface area contributed by atoms with Crippen LogP contribution >= 0.6 is 0 Å². The summed E-state index contributed by atoms with van der Waals surface area (Å²) in [6.45, 7) is 1.57. The molecule has 1 aliphatic heterocycles. The van der Waals surface area contributed by atoms with E-state index in [0.717, 1.165) is 25.2 Å². The molecule has 0 radical (unpaired) electrons. The molecule has 2 amide bonds. The average Bonchev–Trinajstić information content (AvgIpc) is 3.02. The van der Waals surface area contributed by atoms with E-state index in [1.165, 1.54) is 0 Å². The van der Waals surface area contributed by atoms with E-state index >= 15 is 0 Å². The first kappa shape index (κ1) is 16.0. The van der Waals surface area contributed by atoms with E-state index < -0.39 is 11.8 Å². The van der Waals surface area contributed by atoms with E-state index in [0.29, 0.717) is 17.9 Å². The van der Waals surface area contributed by atoms with Gasteiger partial charge in [0.05, 0.1) is 5.56 Å². The lowest BCUT2D eigenvalue weighted by Gasteiger charge is -2.34. The van der Waals surface area contributed by atoms with Crippen LogP contribution in [0.3, 0.4) is 0 Å². The van der Waals surface area contributed by atoms with Crippen LogP contribution in [0.5, 0.6) is 0 Å². The third kappa shape index (κ3) is 3.22. The maximum Gasteiger partial charge on any atom is 0.252 e. The van der Waals surface area contributed by atoms with Crippen LogP contribution in [-0.2, 0) is 11.3 Å². The molecule has 0 aliphatic carbocycles. The number of hydrogen-bond acceptors (Lipinski definition) is 5. The summed E-state index contributed by atoms with van der Waals surface area (Å²) in [6, 6.07) is 3.38. The number of amides is 2. The number of nitrogens with zero attached hydrogens (tertiary/aromatic N) is 4. The second-order valence-corrected chi connectivity index (χ2v) is 5.90. The molecule has 0 aromatic carbocycles. The zero-order chi connectivity index (χ0) is 17.1. The molecule has 3 heterocycles. The summed E-state index contributed by atoms with van der Waals surface area (Å²) in [5, 5.41) is 0.